The van der Waals surface area contributed by atoms with Crippen molar-refractivity contribution in [2.24, 2.45) is 4.99 Å². The Morgan fingerprint density at radius 2 is 2.00 bits per heavy atom. The lowest BCUT2D eigenvalue weighted by Crippen LogP contribution is -2.37. The van der Waals surface area contributed by atoms with E-state index in [1.165, 1.54) is 4.90 Å². The Bertz CT molecular complexity index is 469. The number of carbonyl (C=O) groups is 1. The number of amidine groups is 1. The quantitative estimate of drug-likeness (QED) is 0.551. The van der Waals surface area contributed by atoms with Crippen molar-refractivity contribution in [2.75, 3.05) is 4.90 Å². The molecule has 0 fully saturated rings. The molecular formula is C10H9N3O3. The highest BCUT2D eigenvalue weighted by Crippen LogP contribution is 2.21. The van der Waals surface area contributed by atoms with E-state index < -0.39 is 17.0 Å². The maximum Gasteiger partial charge on any atom is 0.384 e. The van der Waals surface area contributed by atoms with Gasteiger partial charge < -0.3 is 0 Å². The molecule has 0 spiro atoms. The van der Waals surface area contributed by atoms with Crippen LogP contribution in [0.3, 0.4) is 0 Å². The zero-order valence-electron chi connectivity index (χ0n) is 8.53. The van der Waals surface area contributed by atoms with E-state index >= 15 is 0 Å². The van der Waals surface area contributed by atoms with Gasteiger partial charge >= 0.3 is 12.1 Å². The van der Waals surface area contributed by atoms with Gasteiger partial charge in [-0.05, 0) is 19.1 Å². The van der Waals surface area contributed by atoms with Crippen LogP contribution in [0.5, 0.6) is 0 Å². The Balaban J connectivity index is 2.36. The lowest BCUT2D eigenvalue weighted by Gasteiger charge is -2.14. The van der Waals surface area contributed by atoms with E-state index in [9.17, 15) is 14.9 Å². The van der Waals surface area contributed by atoms with Crippen LogP contribution in [0.1, 0.15) is 6.92 Å². The average molecular weight is 219 g/mol. The van der Waals surface area contributed by atoms with Crippen molar-refractivity contribution >= 4 is 17.4 Å². The van der Waals surface area contributed by atoms with Gasteiger partial charge in [-0.15, -0.1) is 0 Å². The number of hydrogen-bond acceptors (Lipinski definition) is 4. The smallest absolute Gasteiger partial charge is 0.263 e. The van der Waals surface area contributed by atoms with E-state index in [1.54, 1.807) is 31.2 Å². The highest BCUT2D eigenvalue weighted by molar-refractivity contribution is 6.21. The van der Waals surface area contributed by atoms with Gasteiger partial charge in [-0.2, -0.15) is 4.99 Å². The fourth-order valence-corrected chi connectivity index (χ4v) is 1.59. The number of nitrogens with zero attached hydrogens (tertiary/aromatic N) is 3. The highest BCUT2D eigenvalue weighted by Gasteiger charge is 2.41. The maximum absolute atomic E-state index is 11.7. The Hall–Kier alpha value is -2.24. The number of nitro groups is 1. The van der Waals surface area contributed by atoms with Crippen molar-refractivity contribution in [2.45, 2.75) is 13.1 Å². The van der Waals surface area contributed by atoms with E-state index in [0.29, 0.717) is 11.5 Å². The number of benzene rings is 1. The number of para-hydroxylation sites is 1. The van der Waals surface area contributed by atoms with Crippen LogP contribution in [-0.2, 0) is 4.79 Å². The zero-order chi connectivity index (χ0) is 11.7. The van der Waals surface area contributed by atoms with Gasteiger partial charge in [0.1, 0.15) is 5.84 Å². The zero-order valence-corrected chi connectivity index (χ0v) is 8.53. The summed E-state index contributed by atoms with van der Waals surface area (Å²) in [5, 5.41) is 10.6. The molecular weight excluding hydrogens is 210 g/mol. The number of rotatable bonds is 2. The molecule has 0 aromatic heterocycles. The van der Waals surface area contributed by atoms with Crippen molar-refractivity contribution in [3.05, 3.63) is 40.4 Å². The molecule has 16 heavy (non-hydrogen) atoms. The predicted molar refractivity (Wildman–Crippen MR) is 57.8 cm³/mol. The maximum atomic E-state index is 11.7. The number of carbonyl (C=O) groups excluding carboxylic acids is 1. The molecule has 82 valence electrons. The van der Waals surface area contributed by atoms with E-state index in [0.717, 1.165) is 0 Å². The first-order valence-electron chi connectivity index (χ1n) is 4.68. The number of hydrogen-bond donors (Lipinski definition) is 0. The molecule has 1 aliphatic rings. The second kappa shape index (κ2) is 3.73. The number of anilines is 1. The van der Waals surface area contributed by atoms with Crippen LogP contribution in [0, 0.1) is 10.1 Å². The first kappa shape index (κ1) is 10.3. The molecule has 1 aromatic carbocycles. The molecule has 1 amide bonds. The summed E-state index contributed by atoms with van der Waals surface area (Å²) in [6.45, 7) is 1.58. The number of amides is 1. The molecule has 6 nitrogen and oxygen atoms in total. The Morgan fingerprint density at radius 1 is 1.38 bits per heavy atom. The minimum atomic E-state index is -1.50. The third-order valence-corrected chi connectivity index (χ3v) is 2.29. The lowest BCUT2D eigenvalue weighted by molar-refractivity contribution is -0.504. The normalized spacial score (nSPS) is 19.8. The molecule has 2 rings (SSSR count). The first-order chi connectivity index (χ1) is 7.61. The topological polar surface area (TPSA) is 75.8 Å². The van der Waals surface area contributed by atoms with Gasteiger partial charge in [-0.3, -0.25) is 19.8 Å². The van der Waals surface area contributed by atoms with Crippen LogP contribution in [0.2, 0.25) is 0 Å². The van der Waals surface area contributed by atoms with Crippen LogP contribution >= 0.6 is 0 Å². The van der Waals surface area contributed by atoms with Crippen LogP contribution in [0.15, 0.2) is 35.3 Å². The summed E-state index contributed by atoms with van der Waals surface area (Å²) in [5.41, 5.74) is 0.595. The van der Waals surface area contributed by atoms with Gasteiger partial charge in [0.05, 0.1) is 10.6 Å². The molecule has 0 saturated carbocycles. The minimum Gasteiger partial charge on any atom is -0.263 e. The molecule has 0 unspecified atom stereocenters. The Labute approximate surface area is 91.4 Å². The summed E-state index contributed by atoms with van der Waals surface area (Å²) < 4.78 is 0. The molecule has 1 heterocycles. The summed E-state index contributed by atoms with van der Waals surface area (Å²) in [5.74, 6) is -0.272. The van der Waals surface area contributed by atoms with Crippen molar-refractivity contribution in [3.8, 4) is 0 Å². The summed E-state index contributed by atoms with van der Waals surface area (Å²) in [6.07, 6.45) is -1.50. The summed E-state index contributed by atoms with van der Waals surface area (Å²) in [7, 11) is 0. The molecule has 1 atom stereocenters. The van der Waals surface area contributed by atoms with Gasteiger partial charge in [0.2, 0.25) is 0 Å². The monoisotopic (exact) mass is 219 g/mol. The van der Waals surface area contributed by atoms with Crippen molar-refractivity contribution in [3.63, 3.8) is 0 Å². The molecule has 0 saturated heterocycles. The molecule has 0 radical (unpaired) electrons. The largest absolute Gasteiger partial charge is 0.384 e. The van der Waals surface area contributed by atoms with Gasteiger partial charge in [0.25, 0.3) is 0 Å². The molecule has 1 aromatic rings. The summed E-state index contributed by atoms with van der Waals surface area (Å²) in [4.78, 5) is 26.6. The molecule has 0 N–H and O–H groups in total. The second-order valence-electron chi connectivity index (χ2n) is 3.34. The standard InChI is InChI=1S/C10H9N3O3/c1-7-11-9(13(15)16)10(14)12(7)8-5-3-2-4-6-8/h2-6,9H,1H3/t9-/m1/s1. The molecule has 0 aliphatic carbocycles. The third-order valence-electron chi connectivity index (χ3n) is 2.29. The van der Waals surface area contributed by atoms with Gasteiger partial charge in [-0.25, -0.2) is 0 Å². The fraction of sp³-hybridized carbons (Fsp3) is 0.200. The van der Waals surface area contributed by atoms with Gasteiger partial charge in [0, 0.05) is 0 Å². The highest BCUT2D eigenvalue weighted by atomic mass is 16.6. The van der Waals surface area contributed by atoms with Crippen LogP contribution in [0.4, 0.5) is 5.69 Å². The van der Waals surface area contributed by atoms with Crippen LogP contribution in [0.25, 0.3) is 0 Å². The van der Waals surface area contributed by atoms with E-state index in [-0.39, 0.29) is 0 Å². The lowest BCUT2D eigenvalue weighted by atomic mass is 10.3. The Morgan fingerprint density at radius 3 is 2.50 bits per heavy atom. The summed E-state index contributed by atoms with van der Waals surface area (Å²) >= 11 is 0. The molecule has 6 heteroatoms. The van der Waals surface area contributed by atoms with Crippen molar-refractivity contribution < 1.29 is 9.72 Å². The Kier molecular flexibility index (Phi) is 2.40. The average Bonchev–Trinajstić information content (AvgIpc) is 2.56. The minimum absolute atomic E-state index is 0.345. The fourth-order valence-electron chi connectivity index (χ4n) is 1.59. The van der Waals surface area contributed by atoms with Gasteiger partial charge in [-0.1, -0.05) is 18.2 Å². The SMILES string of the molecule is CC1=N[C@H]([N+](=O)[O-])C(=O)N1c1ccccc1. The third kappa shape index (κ3) is 1.54. The molecule has 0 bridgehead atoms. The van der Waals surface area contributed by atoms with E-state index in [4.69, 9.17) is 0 Å². The first-order valence-corrected chi connectivity index (χ1v) is 4.68. The van der Waals surface area contributed by atoms with Crippen LogP contribution in [-0.4, -0.2) is 22.8 Å². The second-order valence-corrected chi connectivity index (χ2v) is 3.34. The van der Waals surface area contributed by atoms with Crippen LogP contribution < -0.4 is 4.90 Å². The van der Waals surface area contributed by atoms with E-state index in [2.05, 4.69) is 4.99 Å². The van der Waals surface area contributed by atoms with E-state index in [1.807, 2.05) is 6.07 Å². The van der Waals surface area contributed by atoms with Gasteiger partial charge in [0.15, 0.2) is 0 Å². The van der Waals surface area contributed by atoms with Crippen molar-refractivity contribution in [1.29, 1.82) is 0 Å². The molecule has 1 aliphatic heterocycles. The summed E-state index contributed by atoms with van der Waals surface area (Å²) in [6, 6.07) is 8.74. The number of aliphatic imine (C=N–C) groups is 1. The van der Waals surface area contributed by atoms with Crippen molar-refractivity contribution in [1.82, 2.24) is 0 Å². The predicted octanol–water partition coefficient (Wildman–Crippen LogP) is 1.05.